The molecule has 7 heteroatoms. The Bertz CT molecular complexity index is 748. The van der Waals surface area contributed by atoms with Crippen molar-refractivity contribution >= 4 is 5.91 Å². The van der Waals surface area contributed by atoms with Gasteiger partial charge in [0.2, 0.25) is 5.88 Å². The summed E-state index contributed by atoms with van der Waals surface area (Å²) in [6.07, 6.45) is 6.00. The lowest BCUT2D eigenvalue weighted by Crippen LogP contribution is -2.50. The highest BCUT2D eigenvalue weighted by Crippen LogP contribution is 2.36. The summed E-state index contributed by atoms with van der Waals surface area (Å²) < 4.78 is 13.7. The van der Waals surface area contributed by atoms with Crippen molar-refractivity contribution < 1.29 is 14.3 Å². The standard InChI is InChI=1S/C18H22N4O3/c1-21-15(6-9-20-21)17(23)22-10-4-7-18(13-22)11-14(12-24-18)25-16-5-2-3-8-19-16/h2-3,5-6,8-9,14H,4,7,10-13H2,1H3/t14-,18+/m1/s1. The highest BCUT2D eigenvalue weighted by molar-refractivity contribution is 5.92. The maximum atomic E-state index is 12.8. The minimum Gasteiger partial charge on any atom is -0.472 e. The molecule has 0 radical (unpaired) electrons. The fraction of sp³-hybridized carbons (Fsp3) is 0.500. The zero-order chi connectivity index (χ0) is 17.3. The van der Waals surface area contributed by atoms with Crippen molar-refractivity contribution in [3.8, 4) is 5.88 Å². The number of hydrogen-bond acceptors (Lipinski definition) is 5. The van der Waals surface area contributed by atoms with E-state index in [0.717, 1.165) is 25.8 Å². The van der Waals surface area contributed by atoms with Crippen LogP contribution in [0.25, 0.3) is 0 Å². The summed E-state index contributed by atoms with van der Waals surface area (Å²) in [5.74, 6) is 0.628. The Labute approximate surface area is 146 Å². The average molecular weight is 342 g/mol. The van der Waals surface area contributed by atoms with Crippen LogP contribution in [0.3, 0.4) is 0 Å². The second kappa shape index (κ2) is 6.48. The Morgan fingerprint density at radius 3 is 3.04 bits per heavy atom. The van der Waals surface area contributed by atoms with Gasteiger partial charge in [-0.15, -0.1) is 0 Å². The lowest BCUT2D eigenvalue weighted by atomic mass is 9.89. The molecule has 2 saturated heterocycles. The van der Waals surface area contributed by atoms with Crippen molar-refractivity contribution in [2.75, 3.05) is 19.7 Å². The summed E-state index contributed by atoms with van der Waals surface area (Å²) in [5, 5.41) is 4.09. The molecule has 2 aliphatic rings. The van der Waals surface area contributed by atoms with Crippen LogP contribution in [0.15, 0.2) is 36.7 Å². The van der Waals surface area contributed by atoms with Gasteiger partial charge >= 0.3 is 0 Å². The normalized spacial score (nSPS) is 26.1. The third-order valence-electron chi connectivity index (χ3n) is 4.97. The molecular formula is C18H22N4O3. The number of rotatable bonds is 3. The van der Waals surface area contributed by atoms with Crippen molar-refractivity contribution in [3.05, 3.63) is 42.4 Å². The van der Waals surface area contributed by atoms with Crippen molar-refractivity contribution in [2.45, 2.75) is 31.0 Å². The molecule has 2 fully saturated rings. The molecular weight excluding hydrogens is 320 g/mol. The van der Waals surface area contributed by atoms with Gasteiger partial charge in [-0.3, -0.25) is 9.48 Å². The third kappa shape index (κ3) is 3.24. The average Bonchev–Trinajstić information content (AvgIpc) is 3.22. The molecule has 0 saturated carbocycles. The van der Waals surface area contributed by atoms with Gasteiger partial charge in [-0.25, -0.2) is 4.98 Å². The van der Waals surface area contributed by atoms with Gasteiger partial charge in [-0.1, -0.05) is 6.07 Å². The van der Waals surface area contributed by atoms with E-state index in [2.05, 4.69) is 10.1 Å². The van der Waals surface area contributed by atoms with E-state index in [4.69, 9.17) is 9.47 Å². The smallest absolute Gasteiger partial charge is 0.272 e. The molecule has 0 aromatic carbocycles. The Morgan fingerprint density at radius 1 is 1.36 bits per heavy atom. The quantitative estimate of drug-likeness (QED) is 0.848. The predicted octanol–water partition coefficient (Wildman–Crippen LogP) is 1.66. The fourth-order valence-corrected chi connectivity index (χ4v) is 3.77. The van der Waals surface area contributed by atoms with Gasteiger partial charge in [0.1, 0.15) is 11.8 Å². The van der Waals surface area contributed by atoms with E-state index in [9.17, 15) is 4.79 Å². The van der Waals surface area contributed by atoms with Crippen LogP contribution >= 0.6 is 0 Å². The van der Waals surface area contributed by atoms with E-state index in [1.54, 1.807) is 30.2 Å². The largest absolute Gasteiger partial charge is 0.472 e. The summed E-state index contributed by atoms with van der Waals surface area (Å²) in [6, 6.07) is 7.38. The van der Waals surface area contributed by atoms with Crippen LogP contribution in [0.5, 0.6) is 5.88 Å². The van der Waals surface area contributed by atoms with E-state index < -0.39 is 0 Å². The number of carbonyl (C=O) groups is 1. The van der Waals surface area contributed by atoms with Crippen LogP contribution in [0, 0.1) is 0 Å². The fourth-order valence-electron chi connectivity index (χ4n) is 3.77. The molecule has 4 rings (SSSR count). The summed E-state index contributed by atoms with van der Waals surface area (Å²) in [6.45, 7) is 1.88. The molecule has 2 aromatic heterocycles. The van der Waals surface area contributed by atoms with Gasteiger partial charge in [-0.2, -0.15) is 5.10 Å². The molecule has 0 aliphatic carbocycles. The predicted molar refractivity (Wildman–Crippen MR) is 90.3 cm³/mol. The Kier molecular flexibility index (Phi) is 4.17. The molecule has 2 aromatic rings. The Morgan fingerprint density at radius 2 is 2.28 bits per heavy atom. The Balaban J connectivity index is 1.42. The first-order valence-electron chi connectivity index (χ1n) is 8.64. The first-order valence-corrected chi connectivity index (χ1v) is 8.64. The Hall–Kier alpha value is -2.41. The number of aromatic nitrogens is 3. The zero-order valence-corrected chi connectivity index (χ0v) is 14.3. The van der Waals surface area contributed by atoms with Gasteiger partial charge < -0.3 is 14.4 Å². The third-order valence-corrected chi connectivity index (χ3v) is 4.97. The number of aryl methyl sites for hydroxylation is 1. The number of piperidine rings is 1. The second-order valence-electron chi connectivity index (χ2n) is 6.78. The van der Waals surface area contributed by atoms with Crippen LogP contribution in [-0.4, -0.2) is 57.0 Å². The molecule has 1 spiro atoms. The van der Waals surface area contributed by atoms with Crippen molar-refractivity contribution in [1.82, 2.24) is 19.7 Å². The number of ether oxygens (including phenoxy) is 2. The van der Waals surface area contributed by atoms with Crippen LogP contribution in [-0.2, 0) is 11.8 Å². The SMILES string of the molecule is Cn1nccc1C(=O)N1CCC[C@]2(C[C@@H](Oc3ccccn3)CO2)C1. The van der Waals surface area contributed by atoms with Crippen LogP contribution < -0.4 is 4.74 Å². The molecule has 132 valence electrons. The minimum absolute atomic E-state index is 0.0109. The lowest BCUT2D eigenvalue weighted by molar-refractivity contribution is -0.0455. The van der Waals surface area contributed by atoms with Crippen molar-refractivity contribution in [2.24, 2.45) is 7.05 Å². The van der Waals surface area contributed by atoms with E-state index in [1.807, 2.05) is 23.1 Å². The molecule has 0 N–H and O–H groups in total. The van der Waals surface area contributed by atoms with E-state index in [0.29, 0.717) is 24.7 Å². The van der Waals surface area contributed by atoms with Gasteiger partial charge in [-0.05, 0) is 25.0 Å². The number of carbonyl (C=O) groups excluding carboxylic acids is 1. The summed E-state index contributed by atoms with van der Waals surface area (Å²) in [7, 11) is 1.79. The number of nitrogens with zero attached hydrogens (tertiary/aromatic N) is 4. The molecule has 2 aliphatic heterocycles. The van der Waals surface area contributed by atoms with E-state index in [-0.39, 0.29) is 17.6 Å². The van der Waals surface area contributed by atoms with Crippen LogP contribution in [0.1, 0.15) is 29.8 Å². The molecule has 0 bridgehead atoms. The summed E-state index contributed by atoms with van der Waals surface area (Å²) >= 11 is 0. The van der Waals surface area contributed by atoms with E-state index >= 15 is 0 Å². The van der Waals surface area contributed by atoms with Gasteiger partial charge in [0, 0.05) is 38.5 Å². The topological polar surface area (TPSA) is 69.5 Å². The molecule has 7 nitrogen and oxygen atoms in total. The summed E-state index contributed by atoms with van der Waals surface area (Å²) in [5.41, 5.74) is 0.294. The number of hydrogen-bond donors (Lipinski definition) is 0. The highest BCUT2D eigenvalue weighted by atomic mass is 16.6. The van der Waals surface area contributed by atoms with Gasteiger partial charge in [0.15, 0.2) is 0 Å². The highest BCUT2D eigenvalue weighted by Gasteiger charge is 2.45. The molecule has 2 atom stereocenters. The van der Waals surface area contributed by atoms with Gasteiger partial charge in [0.05, 0.1) is 18.8 Å². The second-order valence-corrected chi connectivity index (χ2v) is 6.78. The molecule has 0 unspecified atom stereocenters. The maximum Gasteiger partial charge on any atom is 0.272 e. The molecule has 25 heavy (non-hydrogen) atoms. The molecule has 4 heterocycles. The molecule has 1 amide bonds. The maximum absolute atomic E-state index is 12.8. The van der Waals surface area contributed by atoms with Crippen molar-refractivity contribution in [3.63, 3.8) is 0 Å². The minimum atomic E-state index is -0.314. The number of pyridine rings is 1. The number of likely N-dealkylation sites (tertiary alicyclic amines) is 1. The zero-order valence-electron chi connectivity index (χ0n) is 14.3. The summed E-state index contributed by atoms with van der Waals surface area (Å²) in [4.78, 5) is 18.9. The lowest BCUT2D eigenvalue weighted by Gasteiger charge is -2.39. The van der Waals surface area contributed by atoms with Crippen molar-refractivity contribution in [1.29, 1.82) is 0 Å². The van der Waals surface area contributed by atoms with Crippen LogP contribution in [0.2, 0.25) is 0 Å². The first kappa shape index (κ1) is 16.1. The van der Waals surface area contributed by atoms with Crippen LogP contribution in [0.4, 0.5) is 0 Å². The first-order chi connectivity index (χ1) is 12.2. The van der Waals surface area contributed by atoms with E-state index in [1.165, 1.54) is 0 Å². The monoisotopic (exact) mass is 342 g/mol. The van der Waals surface area contributed by atoms with Gasteiger partial charge in [0.25, 0.3) is 5.91 Å². The number of amides is 1.